The van der Waals surface area contributed by atoms with Gasteiger partial charge in [-0.2, -0.15) is 0 Å². The first-order valence-corrected chi connectivity index (χ1v) is 2.70. The van der Waals surface area contributed by atoms with Crippen LogP contribution < -0.4 is 0 Å². The van der Waals surface area contributed by atoms with E-state index < -0.39 is 0 Å². The summed E-state index contributed by atoms with van der Waals surface area (Å²) < 4.78 is 0. The molecule has 0 saturated heterocycles. The Morgan fingerprint density at radius 2 is 1.78 bits per heavy atom. The van der Waals surface area contributed by atoms with E-state index in [4.69, 9.17) is 5.11 Å². The maximum absolute atomic E-state index is 8.93. The Labute approximate surface area is 54.4 Å². The van der Waals surface area contributed by atoms with Gasteiger partial charge in [0.1, 0.15) is 6.33 Å². The van der Waals surface area contributed by atoms with E-state index in [1.165, 1.54) is 6.33 Å². The lowest BCUT2D eigenvalue weighted by Gasteiger charge is -1.70. The van der Waals surface area contributed by atoms with Crippen LogP contribution >= 0.6 is 0 Å². The molecule has 1 heterocycles. The van der Waals surface area contributed by atoms with Gasteiger partial charge in [0.2, 0.25) is 0 Å². The smallest absolute Gasteiger partial charge is 0.115 e. The third-order valence-electron chi connectivity index (χ3n) is 0.478. The molecule has 1 radical (unpaired) electrons. The number of aromatic nitrogens is 2. The molecule has 0 amide bonds. The quantitative estimate of drug-likeness (QED) is 0.517. The molecule has 0 bridgehead atoms. The van der Waals surface area contributed by atoms with Crippen molar-refractivity contribution in [3.8, 4) is 0 Å². The van der Waals surface area contributed by atoms with Crippen molar-refractivity contribution in [1.29, 1.82) is 0 Å². The van der Waals surface area contributed by atoms with Crippen molar-refractivity contribution < 1.29 is 5.11 Å². The van der Waals surface area contributed by atoms with Gasteiger partial charge in [0.05, 0.1) is 6.61 Å². The van der Waals surface area contributed by atoms with Gasteiger partial charge < -0.3 is 0 Å². The van der Waals surface area contributed by atoms with E-state index in [0.29, 0.717) is 0 Å². The average Bonchev–Trinajstić information content (AvgIpc) is 1.93. The van der Waals surface area contributed by atoms with Crippen LogP contribution in [0.5, 0.6) is 0 Å². The van der Waals surface area contributed by atoms with Crippen LogP contribution in [0.2, 0.25) is 0 Å². The lowest BCUT2D eigenvalue weighted by Crippen LogP contribution is -1.66. The fraction of sp³-hybridized carbons (Fsp3) is 0.333. The van der Waals surface area contributed by atoms with Crippen LogP contribution in [0, 0.1) is 0 Å². The predicted molar refractivity (Wildman–Crippen MR) is 33.3 cm³/mol. The Morgan fingerprint density at radius 3 is 1.89 bits per heavy atom. The minimum Gasteiger partial charge on any atom is -0.245 e. The normalized spacial score (nSPS) is 7.33. The van der Waals surface area contributed by atoms with E-state index >= 15 is 0 Å². The summed E-state index contributed by atoms with van der Waals surface area (Å²) in [7, 11) is 0. The van der Waals surface area contributed by atoms with Crippen LogP contribution in [-0.4, -0.2) is 16.6 Å². The molecule has 0 aliphatic carbocycles. The summed E-state index contributed by atoms with van der Waals surface area (Å²) in [5.74, 6) is 0. The highest BCUT2D eigenvalue weighted by atomic mass is 16.2. The van der Waals surface area contributed by atoms with E-state index in [1.54, 1.807) is 25.4 Å². The molecule has 9 heavy (non-hydrogen) atoms. The molecule has 1 aromatic heterocycles. The first-order chi connectivity index (χ1) is 4.41. The summed E-state index contributed by atoms with van der Waals surface area (Å²) in [6, 6.07) is 1.78. The van der Waals surface area contributed by atoms with Gasteiger partial charge in [-0.15, -0.1) is 0 Å². The Morgan fingerprint density at radius 1 is 1.33 bits per heavy atom. The zero-order chi connectivity index (χ0) is 6.95. The molecular formula is C6H9N2O. The first-order valence-electron chi connectivity index (χ1n) is 2.70. The number of hydrogen-bond donors (Lipinski definition) is 0. The summed E-state index contributed by atoms with van der Waals surface area (Å²) in [5, 5.41) is 8.93. The van der Waals surface area contributed by atoms with Crippen LogP contribution in [0.25, 0.3) is 0 Å². The summed E-state index contributed by atoms with van der Waals surface area (Å²) >= 11 is 0. The molecule has 3 nitrogen and oxygen atoms in total. The molecule has 1 rings (SSSR count). The van der Waals surface area contributed by atoms with Gasteiger partial charge in [0, 0.05) is 12.4 Å². The van der Waals surface area contributed by atoms with E-state index in [0.717, 1.165) is 0 Å². The Bertz CT molecular complexity index is 93.9. The largest absolute Gasteiger partial charge is 0.245 e. The second kappa shape index (κ2) is 7.04. The molecule has 0 aliphatic heterocycles. The summed E-state index contributed by atoms with van der Waals surface area (Å²) in [6.45, 7) is 1.57. The summed E-state index contributed by atoms with van der Waals surface area (Å²) in [4.78, 5) is 7.35. The van der Waals surface area contributed by atoms with Crippen LogP contribution in [0.3, 0.4) is 0 Å². The highest BCUT2D eigenvalue weighted by Crippen LogP contribution is 1.66. The monoisotopic (exact) mass is 125 g/mol. The highest BCUT2D eigenvalue weighted by Gasteiger charge is 1.59. The summed E-state index contributed by atoms with van der Waals surface area (Å²) in [6.07, 6.45) is 4.88. The van der Waals surface area contributed by atoms with Crippen molar-refractivity contribution in [1.82, 2.24) is 9.97 Å². The number of hydrogen-bond acceptors (Lipinski definition) is 2. The molecule has 0 saturated carbocycles. The van der Waals surface area contributed by atoms with E-state index in [2.05, 4.69) is 9.97 Å². The van der Waals surface area contributed by atoms with Gasteiger partial charge in [-0.05, 0) is 13.0 Å². The topological polar surface area (TPSA) is 45.7 Å². The van der Waals surface area contributed by atoms with Crippen molar-refractivity contribution in [2.45, 2.75) is 6.92 Å². The van der Waals surface area contributed by atoms with Gasteiger partial charge in [-0.25, -0.2) is 15.1 Å². The van der Waals surface area contributed by atoms with E-state index in [9.17, 15) is 0 Å². The van der Waals surface area contributed by atoms with Crippen LogP contribution in [0.4, 0.5) is 0 Å². The summed E-state index contributed by atoms with van der Waals surface area (Å²) in [5.41, 5.74) is 0. The molecule has 0 fully saturated rings. The first kappa shape index (κ1) is 8.04. The van der Waals surface area contributed by atoms with Gasteiger partial charge in [-0.3, -0.25) is 0 Å². The minimum absolute atomic E-state index is 0. The van der Waals surface area contributed by atoms with Crippen molar-refractivity contribution in [3.63, 3.8) is 0 Å². The standard InChI is InChI=1S/C4H4N2.C2H5O/c1-2-5-4-6-3-1;1-2-3/h1-4H;2H2,1H3. The van der Waals surface area contributed by atoms with E-state index in [1.807, 2.05) is 0 Å². The third-order valence-corrected chi connectivity index (χ3v) is 0.478. The number of nitrogens with zero attached hydrogens (tertiary/aromatic N) is 2. The van der Waals surface area contributed by atoms with Crippen LogP contribution in [-0.2, 0) is 5.11 Å². The Balaban J connectivity index is 0.000000187. The van der Waals surface area contributed by atoms with Crippen molar-refractivity contribution >= 4 is 0 Å². The second-order valence-electron chi connectivity index (χ2n) is 1.19. The van der Waals surface area contributed by atoms with Crippen molar-refractivity contribution in [3.05, 3.63) is 24.8 Å². The maximum atomic E-state index is 8.93. The molecule has 0 N–H and O–H groups in total. The average molecular weight is 125 g/mol. The van der Waals surface area contributed by atoms with Crippen molar-refractivity contribution in [2.24, 2.45) is 0 Å². The van der Waals surface area contributed by atoms with Crippen molar-refractivity contribution in [2.75, 3.05) is 6.61 Å². The lowest BCUT2D eigenvalue weighted by atomic mass is 10.7. The molecule has 49 valence electrons. The maximum Gasteiger partial charge on any atom is 0.115 e. The molecule has 0 unspecified atom stereocenters. The molecule has 3 heteroatoms. The van der Waals surface area contributed by atoms with Gasteiger partial charge in [0.15, 0.2) is 0 Å². The third kappa shape index (κ3) is 7.04. The molecule has 0 spiro atoms. The molecule has 1 aromatic rings. The Hall–Kier alpha value is -0.960. The van der Waals surface area contributed by atoms with Gasteiger partial charge in [0.25, 0.3) is 0 Å². The fourth-order valence-electron chi connectivity index (χ4n) is 0.253. The highest BCUT2D eigenvalue weighted by molar-refractivity contribution is 4.74. The molecular weight excluding hydrogens is 116 g/mol. The predicted octanol–water partition coefficient (Wildman–Crippen LogP) is 0.913. The SMILES string of the molecule is CC[O].c1cncnc1. The Kier molecular flexibility index (Phi) is 6.29. The van der Waals surface area contributed by atoms with Gasteiger partial charge >= 0.3 is 0 Å². The minimum atomic E-state index is 0. The lowest BCUT2D eigenvalue weighted by molar-refractivity contribution is 0.212. The zero-order valence-electron chi connectivity index (χ0n) is 5.32. The van der Waals surface area contributed by atoms with E-state index in [-0.39, 0.29) is 6.61 Å². The number of rotatable bonds is 0. The second-order valence-corrected chi connectivity index (χ2v) is 1.19. The fourth-order valence-corrected chi connectivity index (χ4v) is 0.253. The molecule has 0 atom stereocenters. The molecule has 0 aromatic carbocycles. The molecule has 0 aliphatic rings. The zero-order valence-corrected chi connectivity index (χ0v) is 5.32. The van der Waals surface area contributed by atoms with Crippen LogP contribution in [0.1, 0.15) is 6.92 Å². The van der Waals surface area contributed by atoms with Gasteiger partial charge in [-0.1, -0.05) is 0 Å². The van der Waals surface area contributed by atoms with Crippen LogP contribution in [0.15, 0.2) is 24.8 Å².